The number of para-hydroxylation sites is 1. The van der Waals surface area contributed by atoms with Crippen LogP contribution in [0.1, 0.15) is 11.4 Å². The minimum atomic E-state index is -4.11. The van der Waals surface area contributed by atoms with Crippen molar-refractivity contribution in [1.82, 2.24) is 19.6 Å². The molecule has 3 rings (SSSR count). The van der Waals surface area contributed by atoms with Crippen molar-refractivity contribution in [2.45, 2.75) is 19.0 Å². The van der Waals surface area contributed by atoms with E-state index in [0.29, 0.717) is 18.0 Å². The van der Waals surface area contributed by atoms with Gasteiger partial charge in [0.25, 0.3) is 21.0 Å². The lowest BCUT2D eigenvalue weighted by Crippen LogP contribution is -2.16. The lowest BCUT2D eigenvalue weighted by atomic mass is 10.3. The number of rotatable bonds is 7. The van der Waals surface area contributed by atoms with Crippen LogP contribution in [0.4, 0.5) is 5.69 Å². The SMILES string of the molecule is COCCOc1cccc(Cl)c1NS(=O)(=O)c1nc2nc(C)cc(C)n2n1. The lowest BCUT2D eigenvalue weighted by Gasteiger charge is -2.13. The average Bonchev–Trinajstić information content (AvgIpc) is 3.03. The number of ether oxygens (including phenoxy) is 2. The minimum absolute atomic E-state index is 0.106. The van der Waals surface area contributed by atoms with Crippen LogP contribution in [-0.4, -0.2) is 48.3 Å². The van der Waals surface area contributed by atoms with Crippen molar-refractivity contribution in [3.8, 4) is 5.75 Å². The Morgan fingerprint density at radius 1 is 1.22 bits per heavy atom. The van der Waals surface area contributed by atoms with Crippen molar-refractivity contribution >= 4 is 33.1 Å². The summed E-state index contributed by atoms with van der Waals surface area (Å²) in [5.74, 6) is 0.473. The maximum atomic E-state index is 12.8. The van der Waals surface area contributed by atoms with Crippen LogP contribution in [0.15, 0.2) is 29.4 Å². The van der Waals surface area contributed by atoms with E-state index >= 15 is 0 Å². The smallest absolute Gasteiger partial charge is 0.299 e. The quantitative estimate of drug-likeness (QED) is 0.594. The molecule has 3 aromatic rings. The summed E-state index contributed by atoms with van der Waals surface area (Å²) < 4.78 is 39.8. The van der Waals surface area contributed by atoms with Crippen molar-refractivity contribution < 1.29 is 17.9 Å². The monoisotopic (exact) mass is 411 g/mol. The predicted molar refractivity (Wildman–Crippen MR) is 99.9 cm³/mol. The molecule has 11 heteroatoms. The molecule has 0 atom stereocenters. The summed E-state index contributed by atoms with van der Waals surface area (Å²) in [4.78, 5) is 8.22. The van der Waals surface area contributed by atoms with Crippen LogP contribution in [0.3, 0.4) is 0 Å². The van der Waals surface area contributed by atoms with Crippen LogP contribution in [0.2, 0.25) is 5.02 Å². The highest BCUT2D eigenvalue weighted by Gasteiger charge is 2.24. The molecule has 0 saturated heterocycles. The van der Waals surface area contributed by atoms with Crippen LogP contribution in [0.25, 0.3) is 5.78 Å². The second kappa shape index (κ2) is 7.67. The predicted octanol–water partition coefficient (Wildman–Crippen LogP) is 2.22. The Kier molecular flexibility index (Phi) is 5.49. The second-order valence-corrected chi connectivity index (χ2v) is 7.69. The third-order valence-electron chi connectivity index (χ3n) is 3.60. The van der Waals surface area contributed by atoms with Gasteiger partial charge in [0, 0.05) is 18.5 Å². The van der Waals surface area contributed by atoms with E-state index in [1.54, 1.807) is 38.1 Å². The molecule has 144 valence electrons. The van der Waals surface area contributed by atoms with Crippen molar-refractivity contribution in [1.29, 1.82) is 0 Å². The molecule has 0 amide bonds. The van der Waals surface area contributed by atoms with Crippen LogP contribution in [-0.2, 0) is 14.8 Å². The number of nitrogens with one attached hydrogen (secondary N) is 1. The molecule has 27 heavy (non-hydrogen) atoms. The highest BCUT2D eigenvalue weighted by atomic mass is 35.5. The Morgan fingerprint density at radius 3 is 2.74 bits per heavy atom. The first kappa shape index (κ1) is 19.3. The van der Waals surface area contributed by atoms with Gasteiger partial charge in [-0.2, -0.15) is 13.4 Å². The van der Waals surface area contributed by atoms with E-state index in [0.717, 1.165) is 0 Å². The number of methoxy groups -OCH3 is 1. The summed E-state index contributed by atoms with van der Waals surface area (Å²) in [7, 11) is -2.57. The van der Waals surface area contributed by atoms with Crippen molar-refractivity contribution in [2.24, 2.45) is 0 Å². The van der Waals surface area contributed by atoms with Crippen LogP contribution >= 0.6 is 11.6 Å². The van der Waals surface area contributed by atoms with Gasteiger partial charge in [-0.1, -0.05) is 17.7 Å². The van der Waals surface area contributed by atoms with Gasteiger partial charge in [0.2, 0.25) is 0 Å². The van der Waals surface area contributed by atoms with E-state index in [2.05, 4.69) is 19.8 Å². The first-order valence-corrected chi connectivity index (χ1v) is 9.82. The maximum Gasteiger partial charge on any atom is 0.299 e. The topological polar surface area (TPSA) is 108 Å². The number of aryl methyl sites for hydroxylation is 2. The summed E-state index contributed by atoms with van der Waals surface area (Å²) in [6.45, 7) is 4.16. The van der Waals surface area contributed by atoms with Gasteiger partial charge in [-0.05, 0) is 32.0 Å². The lowest BCUT2D eigenvalue weighted by molar-refractivity contribution is 0.146. The maximum absolute atomic E-state index is 12.8. The molecular formula is C16H18ClN5O4S. The molecule has 0 aliphatic carbocycles. The highest BCUT2D eigenvalue weighted by Crippen LogP contribution is 2.33. The standard InChI is InChI=1S/C16H18ClN5O4S/c1-10-9-11(2)22-15(18-10)19-16(20-22)27(23,24)21-14-12(17)5-4-6-13(14)26-8-7-25-3/h4-6,9,21H,7-8H2,1-3H3. The summed E-state index contributed by atoms with van der Waals surface area (Å²) in [5.41, 5.74) is 1.53. The molecule has 9 nitrogen and oxygen atoms in total. The summed E-state index contributed by atoms with van der Waals surface area (Å²) in [6, 6.07) is 6.59. The Labute approximate surface area is 161 Å². The number of hydrogen-bond donors (Lipinski definition) is 1. The van der Waals surface area contributed by atoms with Crippen molar-refractivity contribution in [3.63, 3.8) is 0 Å². The number of halogens is 1. The molecule has 1 aromatic carbocycles. The third kappa shape index (κ3) is 4.12. The summed E-state index contributed by atoms with van der Waals surface area (Å²) in [5, 5.41) is 3.82. The molecule has 0 bridgehead atoms. The van der Waals surface area contributed by atoms with Crippen LogP contribution < -0.4 is 9.46 Å². The zero-order valence-electron chi connectivity index (χ0n) is 14.9. The molecule has 2 heterocycles. The van der Waals surface area contributed by atoms with E-state index in [-0.39, 0.29) is 28.8 Å². The molecule has 0 aliphatic rings. The Hall–Kier alpha value is -2.43. The van der Waals surface area contributed by atoms with Gasteiger partial charge >= 0.3 is 0 Å². The van der Waals surface area contributed by atoms with Gasteiger partial charge in [0.05, 0.1) is 11.6 Å². The summed E-state index contributed by atoms with van der Waals surface area (Å²) >= 11 is 6.16. The van der Waals surface area contributed by atoms with Gasteiger partial charge < -0.3 is 9.47 Å². The first-order chi connectivity index (χ1) is 12.8. The Bertz CT molecular complexity index is 1080. The normalized spacial score (nSPS) is 11.7. The van der Waals surface area contributed by atoms with Crippen LogP contribution in [0, 0.1) is 13.8 Å². The zero-order valence-corrected chi connectivity index (χ0v) is 16.5. The van der Waals surface area contributed by atoms with Gasteiger partial charge in [-0.3, -0.25) is 4.72 Å². The minimum Gasteiger partial charge on any atom is -0.489 e. The van der Waals surface area contributed by atoms with E-state index < -0.39 is 15.2 Å². The van der Waals surface area contributed by atoms with Gasteiger partial charge in [-0.15, -0.1) is 5.10 Å². The molecule has 0 unspecified atom stereocenters. The molecule has 1 N–H and O–H groups in total. The van der Waals surface area contributed by atoms with Crippen molar-refractivity contribution in [2.75, 3.05) is 25.0 Å². The number of anilines is 1. The molecule has 0 spiro atoms. The number of hydrogen-bond acceptors (Lipinski definition) is 7. The largest absolute Gasteiger partial charge is 0.489 e. The molecule has 0 radical (unpaired) electrons. The third-order valence-corrected chi connectivity index (χ3v) is 5.04. The van der Waals surface area contributed by atoms with Crippen LogP contribution in [0.5, 0.6) is 5.75 Å². The molecule has 0 saturated carbocycles. The summed E-state index contributed by atoms with van der Waals surface area (Å²) in [6.07, 6.45) is 0. The van der Waals surface area contributed by atoms with Gasteiger partial charge in [0.15, 0.2) is 0 Å². The Morgan fingerprint density at radius 2 is 2.00 bits per heavy atom. The fraction of sp³-hybridized carbons (Fsp3) is 0.312. The molecule has 0 fully saturated rings. The number of sulfonamides is 1. The van der Waals surface area contributed by atoms with Crippen molar-refractivity contribution in [3.05, 3.63) is 40.7 Å². The molecular weight excluding hydrogens is 394 g/mol. The number of aromatic nitrogens is 4. The average molecular weight is 412 g/mol. The van der Waals surface area contributed by atoms with Gasteiger partial charge in [0.1, 0.15) is 18.0 Å². The molecule has 0 aliphatic heterocycles. The zero-order chi connectivity index (χ0) is 19.6. The van der Waals surface area contributed by atoms with E-state index in [1.165, 1.54) is 11.6 Å². The fourth-order valence-electron chi connectivity index (χ4n) is 2.40. The molecule has 2 aromatic heterocycles. The number of fused-ring (bicyclic) bond motifs is 1. The first-order valence-electron chi connectivity index (χ1n) is 7.96. The van der Waals surface area contributed by atoms with E-state index in [1.807, 2.05) is 0 Å². The van der Waals surface area contributed by atoms with E-state index in [9.17, 15) is 8.42 Å². The number of nitrogens with zero attached hydrogens (tertiary/aromatic N) is 4. The number of benzene rings is 1. The highest BCUT2D eigenvalue weighted by molar-refractivity contribution is 7.92. The second-order valence-electron chi connectivity index (χ2n) is 5.70. The van der Waals surface area contributed by atoms with E-state index in [4.69, 9.17) is 21.1 Å². The van der Waals surface area contributed by atoms with Gasteiger partial charge in [-0.25, -0.2) is 9.50 Å². The Balaban J connectivity index is 1.96. The fourth-order valence-corrected chi connectivity index (χ4v) is 3.63.